The summed E-state index contributed by atoms with van der Waals surface area (Å²) < 4.78 is 34.5. The zero-order valence-corrected chi connectivity index (χ0v) is 14.5. The summed E-state index contributed by atoms with van der Waals surface area (Å²) in [7, 11) is 0. The summed E-state index contributed by atoms with van der Waals surface area (Å²) in [6.45, 7) is 2.03. The Bertz CT molecular complexity index is 611. The Morgan fingerprint density at radius 3 is 2.69 bits per heavy atom. The van der Waals surface area contributed by atoms with E-state index in [1.807, 2.05) is 0 Å². The molecule has 26 heavy (non-hydrogen) atoms. The van der Waals surface area contributed by atoms with Gasteiger partial charge in [-0.3, -0.25) is 9.69 Å². The van der Waals surface area contributed by atoms with E-state index in [1.165, 1.54) is 18.2 Å². The van der Waals surface area contributed by atoms with Crippen LogP contribution in [0.3, 0.4) is 0 Å². The maximum Gasteiger partial charge on any atom is 0.387 e. The van der Waals surface area contributed by atoms with Crippen LogP contribution >= 0.6 is 0 Å². The van der Waals surface area contributed by atoms with E-state index in [1.54, 1.807) is 11.0 Å². The van der Waals surface area contributed by atoms with E-state index < -0.39 is 6.61 Å². The Balaban J connectivity index is 1.64. The molecule has 8 heteroatoms. The van der Waals surface area contributed by atoms with Gasteiger partial charge in [0, 0.05) is 50.8 Å². The number of rotatable bonds is 6. The van der Waals surface area contributed by atoms with Crippen LogP contribution in [0.2, 0.25) is 0 Å². The molecule has 0 aliphatic carbocycles. The van der Waals surface area contributed by atoms with Gasteiger partial charge in [-0.25, -0.2) is 0 Å². The SMILES string of the molecule is O=C(c1cccc(OC(F)F)c1)N1C[C@@H](CO)[C@@H](CN2CCOCC2)C1. The van der Waals surface area contributed by atoms with Gasteiger partial charge in [-0.15, -0.1) is 0 Å². The summed E-state index contributed by atoms with van der Waals surface area (Å²) in [5.41, 5.74) is 0.312. The Morgan fingerprint density at radius 2 is 2.00 bits per heavy atom. The number of aliphatic hydroxyl groups excluding tert-OH is 1. The van der Waals surface area contributed by atoms with Crippen molar-refractivity contribution in [3.05, 3.63) is 29.8 Å². The van der Waals surface area contributed by atoms with Crippen molar-refractivity contribution >= 4 is 5.91 Å². The highest BCUT2D eigenvalue weighted by atomic mass is 19.3. The van der Waals surface area contributed by atoms with Crippen LogP contribution in [-0.4, -0.2) is 80.0 Å². The normalized spacial score (nSPS) is 24.2. The average Bonchev–Trinajstić information content (AvgIpc) is 3.04. The van der Waals surface area contributed by atoms with Gasteiger partial charge in [0.1, 0.15) is 5.75 Å². The van der Waals surface area contributed by atoms with Gasteiger partial charge in [0.2, 0.25) is 0 Å². The number of alkyl halides is 2. The molecule has 0 saturated carbocycles. The molecule has 0 bridgehead atoms. The van der Waals surface area contributed by atoms with Crippen LogP contribution in [0.5, 0.6) is 5.75 Å². The summed E-state index contributed by atoms with van der Waals surface area (Å²) in [5.74, 6) is -0.0638. The third-order valence-corrected chi connectivity index (χ3v) is 5.00. The topological polar surface area (TPSA) is 62.2 Å². The second kappa shape index (κ2) is 8.75. The lowest BCUT2D eigenvalue weighted by Crippen LogP contribution is -2.41. The lowest BCUT2D eigenvalue weighted by molar-refractivity contribution is -0.0499. The largest absolute Gasteiger partial charge is 0.435 e. The highest BCUT2D eigenvalue weighted by Crippen LogP contribution is 2.27. The van der Waals surface area contributed by atoms with E-state index in [-0.39, 0.29) is 30.1 Å². The number of benzene rings is 1. The quantitative estimate of drug-likeness (QED) is 0.818. The van der Waals surface area contributed by atoms with Gasteiger partial charge in [0.25, 0.3) is 5.91 Å². The molecule has 144 valence electrons. The first-order chi connectivity index (χ1) is 12.6. The van der Waals surface area contributed by atoms with Crippen molar-refractivity contribution < 1.29 is 28.2 Å². The lowest BCUT2D eigenvalue weighted by atomic mass is 9.96. The molecule has 1 aromatic rings. The number of carbonyl (C=O) groups is 1. The number of hydrogen-bond acceptors (Lipinski definition) is 5. The van der Waals surface area contributed by atoms with E-state index in [0.29, 0.717) is 31.9 Å². The first-order valence-electron chi connectivity index (χ1n) is 8.82. The number of carbonyl (C=O) groups excluding carboxylic acids is 1. The van der Waals surface area contributed by atoms with Gasteiger partial charge in [0.15, 0.2) is 0 Å². The fraction of sp³-hybridized carbons (Fsp3) is 0.611. The van der Waals surface area contributed by atoms with Crippen LogP contribution in [0.25, 0.3) is 0 Å². The number of amides is 1. The average molecular weight is 370 g/mol. The summed E-state index contributed by atoms with van der Waals surface area (Å²) in [4.78, 5) is 16.7. The van der Waals surface area contributed by atoms with Crippen LogP contribution in [0.1, 0.15) is 10.4 Å². The molecule has 0 spiro atoms. The van der Waals surface area contributed by atoms with Gasteiger partial charge in [-0.1, -0.05) is 6.07 Å². The van der Waals surface area contributed by atoms with Crippen LogP contribution in [-0.2, 0) is 4.74 Å². The van der Waals surface area contributed by atoms with Crippen LogP contribution < -0.4 is 4.74 Å². The highest BCUT2D eigenvalue weighted by molar-refractivity contribution is 5.94. The van der Waals surface area contributed by atoms with Gasteiger partial charge in [-0.2, -0.15) is 8.78 Å². The van der Waals surface area contributed by atoms with Crippen molar-refractivity contribution in [3.63, 3.8) is 0 Å². The number of hydrogen-bond donors (Lipinski definition) is 1. The van der Waals surface area contributed by atoms with E-state index in [4.69, 9.17) is 4.74 Å². The maximum absolute atomic E-state index is 12.8. The fourth-order valence-corrected chi connectivity index (χ4v) is 3.62. The van der Waals surface area contributed by atoms with Crippen LogP contribution in [0.4, 0.5) is 8.78 Å². The van der Waals surface area contributed by atoms with Crippen molar-refractivity contribution in [2.45, 2.75) is 6.61 Å². The van der Waals surface area contributed by atoms with Gasteiger partial charge in [-0.05, 0) is 24.1 Å². The number of morpholine rings is 1. The number of ether oxygens (including phenoxy) is 2. The molecule has 2 fully saturated rings. The fourth-order valence-electron chi connectivity index (χ4n) is 3.62. The molecular weight excluding hydrogens is 346 g/mol. The molecular formula is C18H24F2N2O4. The third-order valence-electron chi connectivity index (χ3n) is 5.00. The molecule has 3 rings (SSSR count). The first kappa shape index (κ1) is 19.0. The van der Waals surface area contributed by atoms with Crippen molar-refractivity contribution in [2.75, 3.05) is 52.5 Å². The second-order valence-corrected chi connectivity index (χ2v) is 6.73. The minimum Gasteiger partial charge on any atom is -0.435 e. The summed E-state index contributed by atoms with van der Waals surface area (Å²) in [6.07, 6.45) is 0. The Morgan fingerprint density at radius 1 is 1.27 bits per heavy atom. The lowest BCUT2D eigenvalue weighted by Gasteiger charge is -2.30. The number of likely N-dealkylation sites (tertiary alicyclic amines) is 1. The van der Waals surface area contributed by atoms with Gasteiger partial charge < -0.3 is 19.5 Å². The Hall–Kier alpha value is -1.77. The molecule has 2 aliphatic heterocycles. The smallest absolute Gasteiger partial charge is 0.387 e. The zero-order chi connectivity index (χ0) is 18.5. The maximum atomic E-state index is 12.8. The molecule has 0 aromatic heterocycles. The predicted molar refractivity (Wildman–Crippen MR) is 90.3 cm³/mol. The number of halogens is 2. The van der Waals surface area contributed by atoms with Crippen molar-refractivity contribution in [3.8, 4) is 5.75 Å². The van der Waals surface area contributed by atoms with Crippen molar-refractivity contribution in [2.24, 2.45) is 11.8 Å². The Kier molecular flexibility index (Phi) is 6.39. The molecule has 2 aliphatic rings. The summed E-state index contributed by atoms with van der Waals surface area (Å²) in [6, 6.07) is 5.84. The summed E-state index contributed by atoms with van der Waals surface area (Å²) in [5, 5.41) is 9.69. The van der Waals surface area contributed by atoms with E-state index in [2.05, 4.69) is 9.64 Å². The van der Waals surface area contributed by atoms with E-state index in [0.717, 1.165) is 19.6 Å². The number of aliphatic hydroxyl groups is 1. The summed E-state index contributed by atoms with van der Waals surface area (Å²) >= 11 is 0. The van der Waals surface area contributed by atoms with Crippen molar-refractivity contribution in [1.82, 2.24) is 9.80 Å². The first-order valence-corrected chi connectivity index (χ1v) is 8.82. The van der Waals surface area contributed by atoms with Gasteiger partial charge >= 0.3 is 6.61 Å². The molecule has 2 heterocycles. The minimum atomic E-state index is -2.93. The molecule has 1 amide bonds. The molecule has 2 saturated heterocycles. The Labute approximate surface area is 151 Å². The van der Waals surface area contributed by atoms with Crippen molar-refractivity contribution in [1.29, 1.82) is 0 Å². The molecule has 6 nitrogen and oxygen atoms in total. The van der Waals surface area contributed by atoms with E-state index in [9.17, 15) is 18.7 Å². The molecule has 2 atom stereocenters. The standard InChI is InChI=1S/C18H24F2N2O4/c19-18(20)26-16-3-1-2-13(8-16)17(24)22-10-14(15(11-22)12-23)9-21-4-6-25-7-5-21/h1-3,8,14-15,18,23H,4-7,9-12H2/t14-,15-/m0/s1. The number of nitrogens with zero attached hydrogens (tertiary/aromatic N) is 2. The molecule has 0 radical (unpaired) electrons. The van der Waals surface area contributed by atoms with Gasteiger partial charge in [0.05, 0.1) is 13.2 Å². The molecule has 0 unspecified atom stereocenters. The minimum absolute atomic E-state index is 0.0160. The second-order valence-electron chi connectivity index (χ2n) is 6.73. The van der Waals surface area contributed by atoms with Crippen LogP contribution in [0.15, 0.2) is 24.3 Å². The molecule has 1 N–H and O–H groups in total. The zero-order valence-electron chi connectivity index (χ0n) is 14.5. The van der Waals surface area contributed by atoms with Crippen LogP contribution in [0, 0.1) is 11.8 Å². The third kappa shape index (κ3) is 4.69. The van der Waals surface area contributed by atoms with E-state index >= 15 is 0 Å². The highest BCUT2D eigenvalue weighted by Gasteiger charge is 2.36. The predicted octanol–water partition coefficient (Wildman–Crippen LogP) is 1.30. The molecule has 1 aromatic carbocycles. The monoisotopic (exact) mass is 370 g/mol.